The van der Waals surface area contributed by atoms with Crippen molar-refractivity contribution in [1.82, 2.24) is 4.98 Å². The fourth-order valence-electron chi connectivity index (χ4n) is 1.22. The molecule has 1 aromatic heterocycles. The number of hydrogen-bond acceptors (Lipinski definition) is 4. The molecular weight excluding hydrogens is 212 g/mol. The monoisotopic (exact) mass is 224 g/mol. The van der Waals surface area contributed by atoms with E-state index in [0.717, 1.165) is 15.5 Å². The molecule has 0 saturated carbocycles. The summed E-state index contributed by atoms with van der Waals surface area (Å²) in [6.07, 6.45) is 0. The molecule has 2 rings (SSSR count). The highest BCUT2D eigenvalue weighted by molar-refractivity contribution is 7.80. The van der Waals surface area contributed by atoms with Crippen LogP contribution in [0.3, 0.4) is 0 Å². The van der Waals surface area contributed by atoms with E-state index in [4.69, 9.17) is 0 Å². The van der Waals surface area contributed by atoms with Crippen LogP contribution in [-0.4, -0.2) is 11.0 Å². The second kappa shape index (κ2) is 3.79. The van der Waals surface area contributed by atoms with Gasteiger partial charge in [0.25, 0.3) is 0 Å². The van der Waals surface area contributed by atoms with Gasteiger partial charge in [-0.05, 0) is 32.0 Å². The number of thiol groups is 1. The molecule has 0 bridgehead atoms. The molecule has 0 aliphatic rings. The highest BCUT2D eigenvalue weighted by Gasteiger charge is 2.04. The van der Waals surface area contributed by atoms with Crippen LogP contribution in [0, 0.1) is 0 Å². The Balaban J connectivity index is 2.41. The Morgan fingerprint density at radius 3 is 2.93 bits per heavy atom. The molecule has 0 spiro atoms. The van der Waals surface area contributed by atoms with Gasteiger partial charge in [-0.25, -0.2) is 4.98 Å². The van der Waals surface area contributed by atoms with Gasteiger partial charge in [0.15, 0.2) is 5.13 Å². The molecule has 0 fully saturated rings. The van der Waals surface area contributed by atoms with E-state index in [9.17, 15) is 0 Å². The Morgan fingerprint density at radius 1 is 1.43 bits per heavy atom. The molecule has 4 heteroatoms. The van der Waals surface area contributed by atoms with Gasteiger partial charge in [0.2, 0.25) is 0 Å². The fraction of sp³-hybridized carbons (Fsp3) is 0.300. The number of benzene rings is 1. The lowest BCUT2D eigenvalue weighted by Crippen LogP contribution is -2.08. The van der Waals surface area contributed by atoms with E-state index in [1.54, 1.807) is 11.3 Å². The van der Waals surface area contributed by atoms with E-state index in [2.05, 4.69) is 36.8 Å². The number of thiazole rings is 1. The molecule has 0 aliphatic heterocycles. The van der Waals surface area contributed by atoms with Crippen molar-refractivity contribution in [3.05, 3.63) is 18.2 Å². The predicted octanol–water partition coefficient (Wildman–Crippen LogP) is 3.41. The summed E-state index contributed by atoms with van der Waals surface area (Å²) in [5.41, 5.74) is 1.04. The number of aromatic nitrogens is 1. The van der Waals surface area contributed by atoms with Crippen LogP contribution in [0.1, 0.15) is 13.8 Å². The Morgan fingerprint density at radius 2 is 2.21 bits per heavy atom. The standard InChI is InChI=1S/C10H12N2S2/c1-6(2)11-10-12-8-4-3-7(13)5-9(8)14-10/h3-6,13H,1-2H3,(H,11,12). The van der Waals surface area contributed by atoms with Crippen molar-refractivity contribution in [2.45, 2.75) is 24.8 Å². The molecule has 0 saturated heterocycles. The summed E-state index contributed by atoms with van der Waals surface area (Å²) in [7, 11) is 0. The minimum atomic E-state index is 0.422. The van der Waals surface area contributed by atoms with E-state index in [-0.39, 0.29) is 0 Å². The molecule has 2 aromatic rings. The van der Waals surface area contributed by atoms with Crippen molar-refractivity contribution >= 4 is 39.3 Å². The van der Waals surface area contributed by atoms with Crippen LogP contribution in [0.4, 0.5) is 5.13 Å². The summed E-state index contributed by atoms with van der Waals surface area (Å²) in [6, 6.07) is 6.43. The average molecular weight is 224 g/mol. The van der Waals surface area contributed by atoms with Gasteiger partial charge in [-0.3, -0.25) is 0 Å². The largest absolute Gasteiger partial charge is 0.359 e. The van der Waals surface area contributed by atoms with Crippen LogP contribution < -0.4 is 5.32 Å². The van der Waals surface area contributed by atoms with Gasteiger partial charge in [-0.2, -0.15) is 0 Å². The van der Waals surface area contributed by atoms with E-state index in [0.29, 0.717) is 6.04 Å². The molecule has 74 valence electrons. The molecule has 0 unspecified atom stereocenters. The first-order valence-electron chi connectivity index (χ1n) is 4.51. The molecule has 1 heterocycles. The predicted molar refractivity (Wildman–Crippen MR) is 65.6 cm³/mol. The Labute approximate surface area is 92.8 Å². The maximum Gasteiger partial charge on any atom is 0.183 e. The molecule has 14 heavy (non-hydrogen) atoms. The lowest BCUT2D eigenvalue weighted by molar-refractivity contribution is 0.897. The summed E-state index contributed by atoms with van der Waals surface area (Å²) in [5, 5.41) is 4.28. The fourth-order valence-corrected chi connectivity index (χ4v) is 2.56. The Bertz CT molecular complexity index is 448. The van der Waals surface area contributed by atoms with Crippen molar-refractivity contribution < 1.29 is 0 Å². The number of fused-ring (bicyclic) bond motifs is 1. The number of anilines is 1. The van der Waals surface area contributed by atoms with E-state index in [1.165, 1.54) is 4.70 Å². The number of nitrogens with zero attached hydrogens (tertiary/aromatic N) is 1. The van der Waals surface area contributed by atoms with Gasteiger partial charge < -0.3 is 5.32 Å². The molecule has 0 amide bonds. The molecule has 0 radical (unpaired) electrons. The Hall–Kier alpha value is -0.740. The van der Waals surface area contributed by atoms with E-state index >= 15 is 0 Å². The van der Waals surface area contributed by atoms with Crippen LogP contribution in [0.2, 0.25) is 0 Å². The summed E-state index contributed by atoms with van der Waals surface area (Å²) < 4.78 is 1.18. The number of hydrogen-bond donors (Lipinski definition) is 2. The number of nitrogens with one attached hydrogen (secondary N) is 1. The van der Waals surface area contributed by atoms with Crippen molar-refractivity contribution in [1.29, 1.82) is 0 Å². The van der Waals surface area contributed by atoms with Crippen molar-refractivity contribution in [3.8, 4) is 0 Å². The second-order valence-electron chi connectivity index (χ2n) is 3.47. The normalized spacial score (nSPS) is 11.1. The van der Waals surface area contributed by atoms with Crippen LogP contribution in [0.15, 0.2) is 23.1 Å². The van der Waals surface area contributed by atoms with Crippen molar-refractivity contribution in [2.75, 3.05) is 5.32 Å². The first-order chi connectivity index (χ1) is 6.65. The maximum atomic E-state index is 4.47. The highest BCUT2D eigenvalue weighted by Crippen LogP contribution is 2.27. The summed E-state index contributed by atoms with van der Waals surface area (Å²) in [6.45, 7) is 4.21. The van der Waals surface area contributed by atoms with Gasteiger partial charge in [-0.1, -0.05) is 11.3 Å². The van der Waals surface area contributed by atoms with Crippen molar-refractivity contribution in [2.24, 2.45) is 0 Å². The summed E-state index contributed by atoms with van der Waals surface area (Å²) in [5.74, 6) is 0. The lowest BCUT2D eigenvalue weighted by atomic mass is 10.3. The van der Waals surface area contributed by atoms with Crippen LogP contribution >= 0.6 is 24.0 Å². The molecule has 1 aromatic carbocycles. The zero-order valence-corrected chi connectivity index (χ0v) is 9.82. The minimum absolute atomic E-state index is 0.422. The van der Waals surface area contributed by atoms with Gasteiger partial charge in [0.05, 0.1) is 10.2 Å². The topological polar surface area (TPSA) is 24.9 Å². The first-order valence-corrected chi connectivity index (χ1v) is 5.77. The first kappa shape index (κ1) is 9.80. The quantitative estimate of drug-likeness (QED) is 0.764. The zero-order chi connectivity index (χ0) is 10.1. The summed E-state index contributed by atoms with van der Waals surface area (Å²) >= 11 is 5.97. The average Bonchev–Trinajstić information content (AvgIpc) is 2.44. The van der Waals surface area contributed by atoms with Gasteiger partial charge in [0, 0.05) is 10.9 Å². The molecule has 1 N–H and O–H groups in total. The maximum absolute atomic E-state index is 4.47. The smallest absolute Gasteiger partial charge is 0.183 e. The summed E-state index contributed by atoms with van der Waals surface area (Å²) in [4.78, 5) is 5.45. The molecule has 0 atom stereocenters. The lowest BCUT2D eigenvalue weighted by Gasteiger charge is -2.03. The van der Waals surface area contributed by atoms with Gasteiger partial charge >= 0.3 is 0 Å². The Kier molecular flexibility index (Phi) is 2.65. The van der Waals surface area contributed by atoms with E-state index in [1.807, 2.05) is 18.2 Å². The SMILES string of the molecule is CC(C)Nc1nc2ccc(S)cc2s1. The third-order valence-electron chi connectivity index (χ3n) is 1.78. The van der Waals surface area contributed by atoms with Crippen molar-refractivity contribution in [3.63, 3.8) is 0 Å². The highest BCUT2D eigenvalue weighted by atomic mass is 32.1. The minimum Gasteiger partial charge on any atom is -0.359 e. The third-order valence-corrected chi connectivity index (χ3v) is 3.01. The third kappa shape index (κ3) is 2.01. The number of rotatable bonds is 2. The van der Waals surface area contributed by atoms with Crippen LogP contribution in [0.25, 0.3) is 10.2 Å². The van der Waals surface area contributed by atoms with Gasteiger partial charge in [0.1, 0.15) is 0 Å². The molecular formula is C10H12N2S2. The van der Waals surface area contributed by atoms with Crippen LogP contribution in [0.5, 0.6) is 0 Å². The van der Waals surface area contributed by atoms with E-state index < -0.39 is 0 Å². The second-order valence-corrected chi connectivity index (χ2v) is 5.02. The molecule has 2 nitrogen and oxygen atoms in total. The van der Waals surface area contributed by atoms with Crippen LogP contribution in [-0.2, 0) is 0 Å². The zero-order valence-electron chi connectivity index (χ0n) is 8.11. The van der Waals surface area contributed by atoms with Gasteiger partial charge in [-0.15, -0.1) is 12.6 Å². The molecule has 0 aliphatic carbocycles.